The Kier molecular flexibility index (Phi) is 10.5. The van der Waals surface area contributed by atoms with Gasteiger partial charge in [-0.3, -0.25) is 9.98 Å². The van der Waals surface area contributed by atoms with Crippen LogP contribution in [-0.4, -0.2) is 53.3 Å². The normalized spacial score (nSPS) is 12.1. The maximum absolute atomic E-state index is 15.1. The number of guanidine groups is 1. The molecule has 0 aliphatic heterocycles. The first kappa shape index (κ1) is 30.2. The van der Waals surface area contributed by atoms with Gasteiger partial charge in [0.1, 0.15) is 5.65 Å². The fourth-order valence-corrected chi connectivity index (χ4v) is 4.86. The van der Waals surface area contributed by atoms with Gasteiger partial charge in [0.25, 0.3) is 0 Å². The van der Waals surface area contributed by atoms with Crippen molar-refractivity contribution in [3.8, 4) is 16.9 Å². The Morgan fingerprint density at radius 3 is 2.71 bits per heavy atom. The van der Waals surface area contributed by atoms with Crippen molar-refractivity contribution in [3.63, 3.8) is 0 Å². The van der Waals surface area contributed by atoms with Gasteiger partial charge in [-0.15, -0.1) is 0 Å². The number of nitrogens with two attached hydrogens (primary N) is 2. The Morgan fingerprint density at radius 1 is 1.20 bits per heavy atom. The van der Waals surface area contributed by atoms with Crippen LogP contribution in [0.1, 0.15) is 30.4 Å². The minimum atomic E-state index is -0.535. The zero-order valence-electron chi connectivity index (χ0n) is 23.0. The number of aromatic nitrogens is 3. The second-order valence-electron chi connectivity index (χ2n) is 9.96. The van der Waals surface area contributed by atoms with Crippen LogP contribution in [0.3, 0.4) is 0 Å². The van der Waals surface area contributed by atoms with Gasteiger partial charge in [-0.05, 0) is 73.7 Å². The van der Waals surface area contributed by atoms with E-state index in [2.05, 4.69) is 20.6 Å². The molecule has 2 aromatic carbocycles. The van der Waals surface area contributed by atoms with Crippen molar-refractivity contribution in [1.82, 2.24) is 25.2 Å². The molecule has 12 heteroatoms. The molecule has 218 valence electrons. The number of fused-ring (bicyclic) bond motifs is 1. The standard InChI is InChI=1S/C29H36ClFN8O2/c1-41-17-21(32)5-2-4-19-12-23(26(31)24(30)13-19)25-14-20-16-39(29(40)38-27(20)37-25)22-8-6-18(7-9-22)15-35-10-3-11-36-28(33)34/h6-9,12-14,16,21,35H,2-5,10-11,15,17,32H2,1H3,(H4,33,34,36)(H,37,38,40)/t21-/m1/s1. The van der Waals surface area contributed by atoms with Gasteiger partial charge < -0.3 is 31.8 Å². The maximum atomic E-state index is 15.1. The highest BCUT2D eigenvalue weighted by atomic mass is 35.5. The number of H-pyrrole nitrogens is 1. The zero-order chi connectivity index (χ0) is 29.4. The van der Waals surface area contributed by atoms with E-state index in [1.165, 1.54) is 4.57 Å². The fourth-order valence-electron chi connectivity index (χ4n) is 4.62. The van der Waals surface area contributed by atoms with Gasteiger partial charge in [0, 0.05) is 43.4 Å². The van der Waals surface area contributed by atoms with Crippen LogP contribution in [0.2, 0.25) is 5.02 Å². The quantitative estimate of drug-likeness (QED) is 0.0754. The number of hydrogen-bond acceptors (Lipinski definition) is 6. The third kappa shape index (κ3) is 8.14. The molecular formula is C29H36ClFN8O2. The Hall–Kier alpha value is -3.77. The lowest BCUT2D eigenvalue weighted by molar-refractivity contribution is 0.176. The van der Waals surface area contributed by atoms with E-state index in [0.717, 1.165) is 36.9 Å². The summed E-state index contributed by atoms with van der Waals surface area (Å²) in [6, 6.07) is 12.7. The molecule has 8 N–H and O–H groups in total. The summed E-state index contributed by atoms with van der Waals surface area (Å²) in [6.07, 6.45) is 4.81. The molecule has 1 atom stereocenters. The van der Waals surface area contributed by atoms with Crippen molar-refractivity contribution in [3.05, 3.63) is 81.1 Å². The van der Waals surface area contributed by atoms with Crippen LogP contribution >= 0.6 is 11.6 Å². The van der Waals surface area contributed by atoms with Gasteiger partial charge in [0.05, 0.1) is 23.0 Å². The lowest BCUT2D eigenvalue weighted by Gasteiger charge is -2.11. The molecule has 0 saturated heterocycles. The molecule has 2 heterocycles. The molecule has 4 aromatic rings. The average molecular weight is 583 g/mol. The molecule has 0 radical (unpaired) electrons. The number of aryl methyl sites for hydroxylation is 1. The second-order valence-corrected chi connectivity index (χ2v) is 10.4. The topological polar surface area (TPSA) is 160 Å². The van der Waals surface area contributed by atoms with Crippen LogP contribution in [0.25, 0.3) is 28.0 Å². The van der Waals surface area contributed by atoms with Gasteiger partial charge in [-0.1, -0.05) is 23.7 Å². The summed E-state index contributed by atoms with van der Waals surface area (Å²) in [6.45, 7) is 2.56. The van der Waals surface area contributed by atoms with E-state index in [1.54, 1.807) is 31.5 Å². The number of methoxy groups -OCH3 is 1. The van der Waals surface area contributed by atoms with E-state index in [1.807, 2.05) is 24.3 Å². The highest BCUT2D eigenvalue weighted by Crippen LogP contribution is 2.31. The largest absolute Gasteiger partial charge is 0.383 e. The molecule has 10 nitrogen and oxygen atoms in total. The molecule has 0 bridgehead atoms. The van der Waals surface area contributed by atoms with Gasteiger partial charge in [0.2, 0.25) is 0 Å². The smallest absolute Gasteiger partial charge is 0.354 e. The number of nitrogens with zero attached hydrogens (tertiary/aromatic N) is 2. The van der Waals surface area contributed by atoms with E-state index in [-0.39, 0.29) is 17.0 Å². The van der Waals surface area contributed by atoms with Gasteiger partial charge in [-0.25, -0.2) is 9.18 Å². The molecule has 0 saturated carbocycles. The molecule has 0 amide bonds. The Labute approximate surface area is 242 Å². The molecular weight excluding hydrogens is 547 g/mol. The van der Waals surface area contributed by atoms with E-state index in [0.29, 0.717) is 54.1 Å². The summed E-state index contributed by atoms with van der Waals surface area (Å²) >= 11 is 6.24. The summed E-state index contributed by atoms with van der Waals surface area (Å²) in [5.74, 6) is -0.566. The van der Waals surface area contributed by atoms with Crippen molar-refractivity contribution in [2.75, 3.05) is 26.8 Å². The van der Waals surface area contributed by atoms with Crippen LogP contribution < -0.4 is 27.8 Å². The number of ether oxygens (including phenoxy) is 1. The van der Waals surface area contributed by atoms with Gasteiger partial charge in [0.15, 0.2) is 11.8 Å². The van der Waals surface area contributed by atoms with E-state index < -0.39 is 11.5 Å². The van der Waals surface area contributed by atoms with Crippen molar-refractivity contribution in [2.45, 2.75) is 38.3 Å². The third-order valence-electron chi connectivity index (χ3n) is 6.70. The van der Waals surface area contributed by atoms with Crippen LogP contribution in [0.4, 0.5) is 4.39 Å². The number of rotatable bonds is 14. The molecule has 0 aliphatic rings. The fraction of sp³-hybridized carbons (Fsp3) is 0.345. The molecule has 0 spiro atoms. The summed E-state index contributed by atoms with van der Waals surface area (Å²) in [5, 5.41) is 14.0. The van der Waals surface area contributed by atoms with Crippen LogP contribution in [-0.2, 0) is 17.7 Å². The lowest BCUT2D eigenvalue weighted by Crippen LogP contribution is -2.32. The number of hydrogen-bond donors (Lipinski definition) is 6. The number of aromatic amines is 1. The van der Waals surface area contributed by atoms with Gasteiger partial charge >= 0.3 is 5.69 Å². The predicted molar refractivity (Wildman–Crippen MR) is 161 cm³/mol. The second kappa shape index (κ2) is 14.2. The highest BCUT2D eigenvalue weighted by molar-refractivity contribution is 6.31. The maximum Gasteiger partial charge on any atom is 0.354 e. The number of halogens is 2. The van der Waals surface area contributed by atoms with E-state index in [9.17, 15) is 4.79 Å². The SMILES string of the molecule is COC[C@H](N)CCCc1cc(Cl)c(F)c(-c2cc3cn(-c4ccc(CNCCCNC(=N)N)cc4)c(=O)nc3[nH]2)c1. The van der Waals surface area contributed by atoms with Crippen molar-refractivity contribution in [1.29, 1.82) is 5.41 Å². The molecule has 2 aromatic heterocycles. The van der Waals surface area contributed by atoms with E-state index in [4.69, 9.17) is 33.2 Å². The minimum Gasteiger partial charge on any atom is -0.383 e. The Bertz CT molecular complexity index is 1540. The molecule has 4 rings (SSSR count). The van der Waals surface area contributed by atoms with E-state index >= 15 is 4.39 Å². The van der Waals surface area contributed by atoms with Crippen molar-refractivity contribution >= 4 is 28.6 Å². The van der Waals surface area contributed by atoms with Gasteiger partial charge in [-0.2, -0.15) is 4.98 Å². The van der Waals surface area contributed by atoms with Crippen molar-refractivity contribution in [2.24, 2.45) is 11.5 Å². The first-order valence-corrected chi connectivity index (χ1v) is 13.9. The first-order valence-electron chi connectivity index (χ1n) is 13.5. The molecule has 41 heavy (non-hydrogen) atoms. The zero-order valence-corrected chi connectivity index (χ0v) is 23.7. The monoisotopic (exact) mass is 582 g/mol. The molecule has 0 fully saturated rings. The summed E-state index contributed by atoms with van der Waals surface area (Å²) in [5.41, 5.74) is 14.6. The number of benzene rings is 2. The average Bonchev–Trinajstić information content (AvgIpc) is 3.35. The Morgan fingerprint density at radius 2 is 1.98 bits per heavy atom. The summed E-state index contributed by atoms with van der Waals surface area (Å²) in [4.78, 5) is 20.1. The lowest BCUT2D eigenvalue weighted by atomic mass is 10.0. The number of nitrogens with one attached hydrogen (secondary N) is 4. The van der Waals surface area contributed by atoms with Crippen LogP contribution in [0, 0.1) is 11.2 Å². The van der Waals surface area contributed by atoms with Crippen LogP contribution in [0.5, 0.6) is 0 Å². The Balaban J connectivity index is 1.48. The predicted octanol–water partition coefficient (Wildman–Crippen LogP) is 3.43. The van der Waals surface area contributed by atoms with Crippen molar-refractivity contribution < 1.29 is 9.13 Å². The third-order valence-corrected chi connectivity index (χ3v) is 6.97. The molecule has 0 aliphatic carbocycles. The highest BCUT2D eigenvalue weighted by Gasteiger charge is 2.16. The summed E-state index contributed by atoms with van der Waals surface area (Å²) < 4.78 is 21.6. The minimum absolute atomic E-state index is 0.0313. The van der Waals surface area contributed by atoms with Crippen LogP contribution in [0.15, 0.2) is 53.5 Å². The first-order chi connectivity index (χ1) is 19.7. The summed E-state index contributed by atoms with van der Waals surface area (Å²) in [7, 11) is 1.62. The molecule has 0 unspecified atom stereocenters.